The molecule has 0 unspecified atom stereocenters. The molecule has 2 nitrogen and oxygen atoms in total. The molecule has 2 atom stereocenters. The van der Waals surface area contributed by atoms with Crippen LogP contribution in [0.4, 0.5) is 0 Å². The van der Waals surface area contributed by atoms with E-state index in [0.29, 0.717) is 11.8 Å². The predicted molar refractivity (Wildman–Crippen MR) is 76.3 cm³/mol. The fourth-order valence-corrected chi connectivity index (χ4v) is 3.46. The first-order valence-electron chi connectivity index (χ1n) is 7.28. The van der Waals surface area contributed by atoms with Gasteiger partial charge in [-0.05, 0) is 48.4 Å². The second kappa shape index (κ2) is 5.28. The minimum atomic E-state index is 0.537. The van der Waals surface area contributed by atoms with Crippen LogP contribution in [0.25, 0.3) is 0 Å². The van der Waals surface area contributed by atoms with Crippen molar-refractivity contribution >= 4 is 0 Å². The molecule has 0 saturated heterocycles. The lowest BCUT2D eigenvalue weighted by Crippen LogP contribution is -2.23. The van der Waals surface area contributed by atoms with E-state index in [1.54, 1.807) is 12.7 Å². The van der Waals surface area contributed by atoms with E-state index in [4.69, 9.17) is 9.47 Å². The highest BCUT2D eigenvalue weighted by molar-refractivity contribution is 5.37. The third kappa shape index (κ3) is 2.36. The Bertz CT molecular complexity index is 473. The lowest BCUT2D eigenvalue weighted by molar-refractivity contribution is 0.155. The standard InChI is InChI=1S/C17H22O2/c1-12-5-10-16-15(4-3-11-19-16)17(12)13-6-8-14(18-2)9-7-13/h6-9,12,17H,3-5,10-11H2,1-2H3/t12-,17+/m1/s1. The predicted octanol–water partition coefficient (Wildman–Crippen LogP) is 4.27. The first-order chi connectivity index (χ1) is 9.29. The van der Waals surface area contributed by atoms with Gasteiger partial charge in [-0.25, -0.2) is 0 Å². The number of hydrogen-bond donors (Lipinski definition) is 0. The van der Waals surface area contributed by atoms with Crippen molar-refractivity contribution in [3.05, 3.63) is 41.2 Å². The number of rotatable bonds is 2. The summed E-state index contributed by atoms with van der Waals surface area (Å²) in [7, 11) is 1.72. The van der Waals surface area contributed by atoms with Crippen molar-refractivity contribution in [2.24, 2.45) is 5.92 Å². The maximum absolute atomic E-state index is 5.88. The molecule has 19 heavy (non-hydrogen) atoms. The SMILES string of the molecule is COc1ccc([C@H]2C3=C(CC[C@H]2C)OCCC3)cc1. The highest BCUT2D eigenvalue weighted by Gasteiger charge is 2.32. The highest BCUT2D eigenvalue weighted by atomic mass is 16.5. The Balaban J connectivity index is 1.95. The second-order valence-corrected chi connectivity index (χ2v) is 5.67. The normalized spacial score (nSPS) is 26.6. The van der Waals surface area contributed by atoms with Gasteiger partial charge >= 0.3 is 0 Å². The summed E-state index contributed by atoms with van der Waals surface area (Å²) in [4.78, 5) is 0. The zero-order valence-electron chi connectivity index (χ0n) is 11.8. The van der Waals surface area contributed by atoms with Crippen molar-refractivity contribution in [3.8, 4) is 5.75 Å². The molecule has 0 aromatic heterocycles. The van der Waals surface area contributed by atoms with Gasteiger partial charge in [0.2, 0.25) is 0 Å². The van der Waals surface area contributed by atoms with Crippen LogP contribution in [0.15, 0.2) is 35.6 Å². The van der Waals surface area contributed by atoms with Crippen LogP contribution in [-0.2, 0) is 4.74 Å². The molecule has 3 rings (SSSR count). The summed E-state index contributed by atoms with van der Waals surface area (Å²) in [6.07, 6.45) is 4.73. The maximum Gasteiger partial charge on any atom is 0.118 e. The summed E-state index contributed by atoms with van der Waals surface area (Å²) >= 11 is 0. The van der Waals surface area contributed by atoms with Crippen molar-refractivity contribution in [1.29, 1.82) is 0 Å². The quantitative estimate of drug-likeness (QED) is 0.788. The van der Waals surface area contributed by atoms with Crippen LogP contribution in [0.3, 0.4) is 0 Å². The van der Waals surface area contributed by atoms with Gasteiger partial charge in [-0.2, -0.15) is 0 Å². The molecule has 0 fully saturated rings. The monoisotopic (exact) mass is 258 g/mol. The van der Waals surface area contributed by atoms with E-state index < -0.39 is 0 Å². The highest BCUT2D eigenvalue weighted by Crippen LogP contribution is 2.45. The molecular weight excluding hydrogens is 236 g/mol. The molecule has 0 radical (unpaired) electrons. The molecule has 1 aliphatic carbocycles. The summed E-state index contributed by atoms with van der Waals surface area (Å²) in [5.74, 6) is 3.45. The molecule has 0 saturated carbocycles. The fourth-order valence-electron chi connectivity index (χ4n) is 3.46. The van der Waals surface area contributed by atoms with Gasteiger partial charge in [0, 0.05) is 12.3 Å². The van der Waals surface area contributed by atoms with Gasteiger partial charge in [0.25, 0.3) is 0 Å². The summed E-state index contributed by atoms with van der Waals surface area (Å²) in [5, 5.41) is 0. The lowest BCUT2D eigenvalue weighted by Gasteiger charge is -2.36. The van der Waals surface area contributed by atoms with E-state index in [9.17, 15) is 0 Å². The zero-order chi connectivity index (χ0) is 13.2. The molecule has 0 N–H and O–H groups in total. The van der Waals surface area contributed by atoms with Crippen molar-refractivity contribution in [3.63, 3.8) is 0 Å². The maximum atomic E-state index is 5.88. The van der Waals surface area contributed by atoms with Gasteiger partial charge in [0.05, 0.1) is 19.5 Å². The number of methoxy groups -OCH3 is 1. The van der Waals surface area contributed by atoms with Crippen molar-refractivity contribution in [1.82, 2.24) is 0 Å². The minimum Gasteiger partial charge on any atom is -0.498 e. The van der Waals surface area contributed by atoms with Gasteiger partial charge < -0.3 is 9.47 Å². The first kappa shape index (κ1) is 12.6. The molecule has 1 heterocycles. The van der Waals surface area contributed by atoms with Gasteiger partial charge in [0.15, 0.2) is 0 Å². The van der Waals surface area contributed by atoms with Crippen LogP contribution in [0, 0.1) is 5.92 Å². The molecule has 0 bridgehead atoms. The number of allylic oxidation sites excluding steroid dienone is 2. The van der Waals surface area contributed by atoms with Gasteiger partial charge in [-0.1, -0.05) is 19.1 Å². The Hall–Kier alpha value is -1.44. The Kier molecular flexibility index (Phi) is 3.50. The van der Waals surface area contributed by atoms with Crippen LogP contribution in [0.1, 0.15) is 44.1 Å². The largest absolute Gasteiger partial charge is 0.498 e. The minimum absolute atomic E-state index is 0.537. The molecule has 1 aromatic carbocycles. The Morgan fingerprint density at radius 3 is 2.68 bits per heavy atom. The topological polar surface area (TPSA) is 18.5 Å². The third-order valence-corrected chi connectivity index (χ3v) is 4.47. The van der Waals surface area contributed by atoms with E-state index in [1.165, 1.54) is 24.2 Å². The average Bonchev–Trinajstić information content (AvgIpc) is 2.47. The Morgan fingerprint density at radius 1 is 1.16 bits per heavy atom. The van der Waals surface area contributed by atoms with Crippen LogP contribution >= 0.6 is 0 Å². The van der Waals surface area contributed by atoms with Crippen LogP contribution in [0.2, 0.25) is 0 Å². The molecule has 1 aliphatic heterocycles. The summed E-state index contributed by atoms with van der Waals surface area (Å²) in [6, 6.07) is 8.57. The molecule has 0 spiro atoms. The van der Waals surface area contributed by atoms with Crippen molar-refractivity contribution in [2.45, 2.75) is 38.5 Å². The molecule has 2 heteroatoms. The molecule has 102 valence electrons. The summed E-state index contributed by atoms with van der Waals surface area (Å²) < 4.78 is 11.1. The zero-order valence-corrected chi connectivity index (χ0v) is 11.8. The molecular formula is C17H22O2. The van der Waals surface area contributed by atoms with E-state index in [2.05, 4.69) is 31.2 Å². The smallest absolute Gasteiger partial charge is 0.118 e. The summed E-state index contributed by atoms with van der Waals surface area (Å²) in [5.41, 5.74) is 2.96. The van der Waals surface area contributed by atoms with Gasteiger partial charge in [-0.3, -0.25) is 0 Å². The Morgan fingerprint density at radius 2 is 1.95 bits per heavy atom. The lowest BCUT2D eigenvalue weighted by atomic mass is 9.73. The molecule has 2 aliphatic rings. The van der Waals surface area contributed by atoms with E-state index in [1.807, 2.05) is 0 Å². The number of hydrogen-bond acceptors (Lipinski definition) is 2. The van der Waals surface area contributed by atoms with Gasteiger partial charge in [0.1, 0.15) is 5.75 Å². The van der Waals surface area contributed by atoms with E-state index in [-0.39, 0.29) is 0 Å². The van der Waals surface area contributed by atoms with Crippen molar-refractivity contribution in [2.75, 3.05) is 13.7 Å². The number of benzene rings is 1. The molecule has 1 aromatic rings. The first-order valence-corrected chi connectivity index (χ1v) is 7.28. The molecule has 0 amide bonds. The van der Waals surface area contributed by atoms with Crippen molar-refractivity contribution < 1.29 is 9.47 Å². The third-order valence-electron chi connectivity index (χ3n) is 4.47. The van der Waals surface area contributed by atoms with E-state index >= 15 is 0 Å². The average molecular weight is 258 g/mol. The van der Waals surface area contributed by atoms with Crippen LogP contribution in [0.5, 0.6) is 5.75 Å². The van der Waals surface area contributed by atoms with Crippen LogP contribution in [-0.4, -0.2) is 13.7 Å². The summed E-state index contributed by atoms with van der Waals surface area (Å²) in [6.45, 7) is 3.27. The van der Waals surface area contributed by atoms with Crippen LogP contribution < -0.4 is 4.74 Å². The Labute approximate surface area is 115 Å². The second-order valence-electron chi connectivity index (χ2n) is 5.67. The fraction of sp³-hybridized carbons (Fsp3) is 0.529. The van der Waals surface area contributed by atoms with E-state index in [0.717, 1.165) is 25.2 Å². The number of ether oxygens (including phenoxy) is 2. The van der Waals surface area contributed by atoms with Gasteiger partial charge in [-0.15, -0.1) is 0 Å².